The number of rotatable bonds is 1. The SMILES string of the molecule is Clc1ncc(C=C2CCCCC2)c(Cl)n1. The Morgan fingerprint density at radius 1 is 1.13 bits per heavy atom. The number of hydrogen-bond acceptors (Lipinski definition) is 2. The fourth-order valence-corrected chi connectivity index (χ4v) is 2.18. The van der Waals surface area contributed by atoms with Crippen LogP contribution in [0.1, 0.15) is 37.7 Å². The first kappa shape index (κ1) is 10.9. The molecule has 1 heterocycles. The van der Waals surface area contributed by atoms with Gasteiger partial charge in [0, 0.05) is 11.8 Å². The van der Waals surface area contributed by atoms with Gasteiger partial charge in [-0.2, -0.15) is 0 Å². The lowest BCUT2D eigenvalue weighted by Gasteiger charge is -2.13. The summed E-state index contributed by atoms with van der Waals surface area (Å²) in [7, 11) is 0. The molecule has 0 aromatic carbocycles. The van der Waals surface area contributed by atoms with E-state index in [1.165, 1.54) is 37.7 Å². The summed E-state index contributed by atoms with van der Waals surface area (Å²) in [5.41, 5.74) is 2.31. The molecule has 15 heavy (non-hydrogen) atoms. The van der Waals surface area contributed by atoms with Gasteiger partial charge in [-0.05, 0) is 37.3 Å². The van der Waals surface area contributed by atoms with Crippen LogP contribution in [0.5, 0.6) is 0 Å². The molecule has 0 unspecified atom stereocenters. The number of halogens is 2. The predicted octanol–water partition coefficient (Wildman–Crippen LogP) is 4.13. The summed E-state index contributed by atoms with van der Waals surface area (Å²) in [6, 6.07) is 0. The van der Waals surface area contributed by atoms with Gasteiger partial charge in [-0.15, -0.1) is 0 Å². The molecule has 80 valence electrons. The van der Waals surface area contributed by atoms with E-state index < -0.39 is 0 Å². The van der Waals surface area contributed by atoms with Gasteiger partial charge in [0.25, 0.3) is 0 Å². The molecular formula is C11H12Cl2N2. The molecule has 1 aliphatic rings. The van der Waals surface area contributed by atoms with E-state index in [9.17, 15) is 0 Å². The molecule has 1 aromatic rings. The van der Waals surface area contributed by atoms with Gasteiger partial charge in [-0.1, -0.05) is 29.7 Å². The average molecular weight is 243 g/mol. The molecule has 1 aliphatic carbocycles. The van der Waals surface area contributed by atoms with Crippen LogP contribution in [0, 0.1) is 0 Å². The van der Waals surface area contributed by atoms with E-state index in [1.54, 1.807) is 6.20 Å². The second-order valence-corrected chi connectivity index (χ2v) is 4.44. The van der Waals surface area contributed by atoms with E-state index in [2.05, 4.69) is 16.0 Å². The fraction of sp³-hybridized carbons (Fsp3) is 0.455. The van der Waals surface area contributed by atoms with Crippen molar-refractivity contribution in [2.45, 2.75) is 32.1 Å². The van der Waals surface area contributed by atoms with E-state index in [4.69, 9.17) is 23.2 Å². The maximum atomic E-state index is 5.97. The molecule has 0 amide bonds. The first-order valence-electron chi connectivity index (χ1n) is 5.13. The Kier molecular flexibility index (Phi) is 3.60. The molecule has 1 fully saturated rings. The molecular weight excluding hydrogens is 231 g/mol. The highest BCUT2D eigenvalue weighted by molar-refractivity contribution is 6.32. The van der Waals surface area contributed by atoms with E-state index in [1.807, 2.05) is 0 Å². The quantitative estimate of drug-likeness (QED) is 0.547. The fourth-order valence-electron chi connectivity index (χ4n) is 1.82. The molecule has 2 rings (SSSR count). The monoisotopic (exact) mass is 242 g/mol. The molecule has 1 saturated carbocycles. The van der Waals surface area contributed by atoms with E-state index in [0.717, 1.165) is 5.56 Å². The molecule has 1 aromatic heterocycles. The van der Waals surface area contributed by atoms with Crippen molar-refractivity contribution < 1.29 is 0 Å². The van der Waals surface area contributed by atoms with Gasteiger partial charge in [-0.25, -0.2) is 9.97 Å². The van der Waals surface area contributed by atoms with E-state index in [-0.39, 0.29) is 5.28 Å². The topological polar surface area (TPSA) is 25.8 Å². The lowest BCUT2D eigenvalue weighted by molar-refractivity contribution is 0.602. The molecule has 0 atom stereocenters. The van der Waals surface area contributed by atoms with Crippen LogP contribution in [0.15, 0.2) is 11.8 Å². The molecule has 2 nitrogen and oxygen atoms in total. The van der Waals surface area contributed by atoms with Gasteiger partial charge in [0.15, 0.2) is 0 Å². The maximum Gasteiger partial charge on any atom is 0.223 e. The third kappa shape index (κ3) is 2.93. The summed E-state index contributed by atoms with van der Waals surface area (Å²) in [5, 5.41) is 0.638. The minimum atomic E-state index is 0.200. The van der Waals surface area contributed by atoms with Crippen LogP contribution in [0.2, 0.25) is 10.4 Å². The van der Waals surface area contributed by atoms with Crippen LogP contribution in [0.4, 0.5) is 0 Å². The Labute approximate surface area is 99.3 Å². The summed E-state index contributed by atoms with van der Waals surface area (Å²) in [5.74, 6) is 0. The first-order chi connectivity index (χ1) is 7.25. The van der Waals surface area contributed by atoms with Crippen molar-refractivity contribution in [2.75, 3.05) is 0 Å². The van der Waals surface area contributed by atoms with Crippen molar-refractivity contribution in [3.63, 3.8) is 0 Å². The van der Waals surface area contributed by atoms with Gasteiger partial charge in [-0.3, -0.25) is 0 Å². The largest absolute Gasteiger partial charge is 0.226 e. The molecule has 0 bridgehead atoms. The molecule has 4 heteroatoms. The Morgan fingerprint density at radius 2 is 1.87 bits per heavy atom. The summed E-state index contributed by atoms with van der Waals surface area (Å²) in [6.45, 7) is 0. The highest BCUT2D eigenvalue weighted by atomic mass is 35.5. The molecule has 0 spiro atoms. The van der Waals surface area contributed by atoms with E-state index >= 15 is 0 Å². The highest BCUT2D eigenvalue weighted by Gasteiger charge is 2.07. The van der Waals surface area contributed by atoms with Crippen molar-refractivity contribution in [1.29, 1.82) is 0 Å². The average Bonchev–Trinajstić information content (AvgIpc) is 2.24. The van der Waals surface area contributed by atoms with E-state index in [0.29, 0.717) is 5.15 Å². The lowest BCUT2D eigenvalue weighted by atomic mass is 9.94. The number of nitrogens with zero attached hydrogens (tertiary/aromatic N) is 2. The third-order valence-electron chi connectivity index (χ3n) is 2.59. The van der Waals surface area contributed by atoms with Crippen molar-refractivity contribution in [2.24, 2.45) is 0 Å². The van der Waals surface area contributed by atoms with Gasteiger partial charge in [0.2, 0.25) is 5.28 Å². The summed E-state index contributed by atoms with van der Waals surface area (Å²) < 4.78 is 0. The Balaban J connectivity index is 2.22. The molecule has 0 radical (unpaired) electrons. The lowest BCUT2D eigenvalue weighted by Crippen LogP contribution is -1.94. The zero-order chi connectivity index (χ0) is 10.7. The van der Waals surface area contributed by atoms with Crippen molar-refractivity contribution >= 4 is 29.3 Å². The summed E-state index contributed by atoms with van der Waals surface area (Å²) >= 11 is 11.6. The van der Waals surface area contributed by atoms with Gasteiger partial charge in [0.05, 0.1) is 0 Å². The zero-order valence-corrected chi connectivity index (χ0v) is 9.85. The molecule has 0 aliphatic heterocycles. The second-order valence-electron chi connectivity index (χ2n) is 3.75. The smallest absolute Gasteiger partial charge is 0.223 e. The normalized spacial score (nSPS) is 16.5. The standard InChI is InChI=1S/C11H12Cl2N2/c12-10-9(7-14-11(13)15-10)6-8-4-2-1-3-5-8/h6-7H,1-5H2. The maximum absolute atomic E-state index is 5.97. The van der Waals surface area contributed by atoms with Crippen molar-refractivity contribution in [3.8, 4) is 0 Å². The molecule has 0 saturated heterocycles. The number of allylic oxidation sites excluding steroid dienone is 1. The van der Waals surface area contributed by atoms with Gasteiger partial charge in [0.1, 0.15) is 5.15 Å². The van der Waals surface area contributed by atoms with Crippen LogP contribution in [-0.4, -0.2) is 9.97 Å². The zero-order valence-electron chi connectivity index (χ0n) is 8.34. The summed E-state index contributed by atoms with van der Waals surface area (Å²) in [6.07, 6.45) is 9.99. The first-order valence-corrected chi connectivity index (χ1v) is 5.89. The van der Waals surface area contributed by atoms with Crippen LogP contribution >= 0.6 is 23.2 Å². The van der Waals surface area contributed by atoms with Crippen LogP contribution < -0.4 is 0 Å². The Hall–Kier alpha value is -0.600. The van der Waals surface area contributed by atoms with Crippen LogP contribution in [0.3, 0.4) is 0 Å². The molecule has 0 N–H and O–H groups in total. The van der Waals surface area contributed by atoms with Crippen molar-refractivity contribution in [3.05, 3.63) is 27.8 Å². The number of hydrogen-bond donors (Lipinski definition) is 0. The Bertz CT molecular complexity index is 380. The highest BCUT2D eigenvalue weighted by Crippen LogP contribution is 2.26. The van der Waals surface area contributed by atoms with Gasteiger partial charge < -0.3 is 0 Å². The Morgan fingerprint density at radius 3 is 2.53 bits per heavy atom. The summed E-state index contributed by atoms with van der Waals surface area (Å²) in [4.78, 5) is 7.84. The van der Waals surface area contributed by atoms with Crippen LogP contribution in [0.25, 0.3) is 6.08 Å². The number of aromatic nitrogens is 2. The third-order valence-corrected chi connectivity index (χ3v) is 3.08. The van der Waals surface area contributed by atoms with Crippen molar-refractivity contribution in [1.82, 2.24) is 9.97 Å². The van der Waals surface area contributed by atoms with Crippen LogP contribution in [-0.2, 0) is 0 Å². The predicted molar refractivity (Wildman–Crippen MR) is 63.1 cm³/mol. The second kappa shape index (κ2) is 4.95. The minimum Gasteiger partial charge on any atom is -0.226 e. The minimum absolute atomic E-state index is 0.200. The van der Waals surface area contributed by atoms with Gasteiger partial charge >= 0.3 is 0 Å².